The highest BCUT2D eigenvalue weighted by Gasteiger charge is 2.41. The van der Waals surface area contributed by atoms with Gasteiger partial charge in [0.2, 0.25) is 0 Å². The Kier molecular flexibility index (Phi) is 4.93. The van der Waals surface area contributed by atoms with Crippen LogP contribution in [0, 0.1) is 5.82 Å². The molecule has 0 fully saturated rings. The van der Waals surface area contributed by atoms with E-state index in [0.717, 1.165) is 22.4 Å². The van der Waals surface area contributed by atoms with Crippen molar-refractivity contribution in [2.24, 2.45) is 9.98 Å². The van der Waals surface area contributed by atoms with Gasteiger partial charge in [-0.3, -0.25) is 9.79 Å². The molecule has 3 aromatic rings. The first-order chi connectivity index (χ1) is 14.7. The first-order valence-corrected chi connectivity index (χ1v) is 10.7. The predicted molar refractivity (Wildman–Crippen MR) is 119 cm³/mol. The quantitative estimate of drug-likeness (QED) is 0.605. The summed E-state index contributed by atoms with van der Waals surface area (Å²) in [5.74, 6) is 0.921. The molecule has 0 bridgehead atoms. The van der Waals surface area contributed by atoms with Gasteiger partial charge in [0.05, 0.1) is 5.69 Å². The molecule has 4 nitrogen and oxygen atoms in total. The Balaban J connectivity index is 1.45. The van der Waals surface area contributed by atoms with Crippen LogP contribution in [0.15, 0.2) is 88.8 Å². The second kappa shape index (κ2) is 7.88. The Bertz CT molecular complexity index is 1160. The molecule has 2 aliphatic heterocycles. The van der Waals surface area contributed by atoms with Crippen molar-refractivity contribution < 1.29 is 9.18 Å². The van der Waals surface area contributed by atoms with Crippen molar-refractivity contribution in [3.05, 3.63) is 101 Å². The van der Waals surface area contributed by atoms with E-state index in [2.05, 4.69) is 0 Å². The summed E-state index contributed by atoms with van der Waals surface area (Å²) in [6.07, 6.45) is 0.553. The van der Waals surface area contributed by atoms with Gasteiger partial charge in [0.15, 0.2) is 5.17 Å². The molecule has 0 radical (unpaired) electrons. The van der Waals surface area contributed by atoms with E-state index in [9.17, 15) is 9.18 Å². The largest absolute Gasteiger partial charge is 0.271 e. The van der Waals surface area contributed by atoms with Gasteiger partial charge in [0, 0.05) is 17.7 Å². The van der Waals surface area contributed by atoms with Crippen LogP contribution in [-0.4, -0.2) is 27.9 Å². The number of benzene rings is 3. The first-order valence-electron chi connectivity index (χ1n) is 9.70. The van der Waals surface area contributed by atoms with E-state index in [-0.39, 0.29) is 11.7 Å². The number of hydrogen-bond acceptors (Lipinski definition) is 4. The van der Waals surface area contributed by atoms with Crippen LogP contribution in [0.4, 0.5) is 10.1 Å². The summed E-state index contributed by atoms with van der Waals surface area (Å²) in [4.78, 5) is 24.5. The lowest BCUT2D eigenvalue weighted by molar-refractivity contribution is -0.124. The van der Waals surface area contributed by atoms with Gasteiger partial charge in [-0.15, -0.1) is 0 Å². The number of aliphatic imine (C=N–C) groups is 2. The zero-order chi connectivity index (χ0) is 20.5. The molecule has 0 aliphatic carbocycles. The molecule has 2 aliphatic rings. The van der Waals surface area contributed by atoms with Gasteiger partial charge in [-0.05, 0) is 35.4 Å². The molecule has 3 aromatic carbocycles. The van der Waals surface area contributed by atoms with E-state index in [0.29, 0.717) is 23.2 Å². The molecule has 2 heterocycles. The fourth-order valence-corrected chi connectivity index (χ4v) is 4.55. The lowest BCUT2D eigenvalue weighted by atomic mass is 10.1. The van der Waals surface area contributed by atoms with Gasteiger partial charge in [-0.2, -0.15) is 0 Å². The number of carbonyl (C=O) groups excluding carboxylic acids is 1. The van der Waals surface area contributed by atoms with Gasteiger partial charge in [-0.1, -0.05) is 66.4 Å². The third kappa shape index (κ3) is 3.55. The maximum atomic E-state index is 13.3. The number of amidine groups is 2. The van der Waals surface area contributed by atoms with Crippen molar-refractivity contribution in [3.8, 4) is 0 Å². The number of amides is 1. The fourth-order valence-electron chi connectivity index (χ4n) is 3.60. The minimum Gasteiger partial charge on any atom is -0.271 e. The second-order valence-corrected chi connectivity index (χ2v) is 8.10. The van der Waals surface area contributed by atoms with Gasteiger partial charge >= 0.3 is 0 Å². The average Bonchev–Trinajstić information content (AvgIpc) is 3.10. The number of thioether (sulfide) groups is 1. The summed E-state index contributed by atoms with van der Waals surface area (Å²) in [5.41, 5.74) is 3.72. The lowest BCUT2D eigenvalue weighted by Gasteiger charge is -2.25. The van der Waals surface area contributed by atoms with E-state index >= 15 is 0 Å². The molecule has 5 rings (SSSR count). The molecule has 0 unspecified atom stereocenters. The highest BCUT2D eigenvalue weighted by Crippen LogP contribution is 2.34. The number of para-hydroxylation sites is 1. The molecule has 0 saturated heterocycles. The molecular weight excluding hydrogens is 397 g/mol. The molecule has 0 saturated carbocycles. The molecule has 0 spiro atoms. The Morgan fingerprint density at radius 2 is 1.63 bits per heavy atom. The third-order valence-corrected chi connectivity index (χ3v) is 6.11. The summed E-state index contributed by atoms with van der Waals surface area (Å²) in [7, 11) is 0. The zero-order valence-corrected chi connectivity index (χ0v) is 16.8. The standard InChI is InChI=1S/C24H18FN3OS/c25-18-12-10-17(11-13-18)15-30-24-27-20-9-5-4-8-19(20)22-26-21(23(29)28(22)24)14-16-6-2-1-3-7-16/h1-13,21H,14-15H2/t21-/m0/s1. The van der Waals surface area contributed by atoms with Crippen LogP contribution >= 0.6 is 11.8 Å². The number of halogens is 1. The van der Waals surface area contributed by atoms with Crippen LogP contribution in [0.2, 0.25) is 0 Å². The Hall–Kier alpha value is -3.25. The monoisotopic (exact) mass is 415 g/mol. The molecule has 1 amide bonds. The maximum Gasteiger partial charge on any atom is 0.259 e. The number of carbonyl (C=O) groups is 1. The first kappa shape index (κ1) is 18.8. The summed E-state index contributed by atoms with van der Waals surface area (Å²) in [5, 5.41) is 0.609. The van der Waals surface area contributed by atoms with Crippen LogP contribution in [-0.2, 0) is 17.0 Å². The van der Waals surface area contributed by atoms with Crippen LogP contribution < -0.4 is 0 Å². The van der Waals surface area contributed by atoms with Crippen molar-refractivity contribution in [1.29, 1.82) is 0 Å². The molecular formula is C24H18FN3OS. The Labute approximate surface area is 178 Å². The van der Waals surface area contributed by atoms with Gasteiger partial charge in [-0.25, -0.2) is 14.3 Å². The van der Waals surface area contributed by atoms with Crippen LogP contribution in [0.25, 0.3) is 0 Å². The average molecular weight is 415 g/mol. The Morgan fingerprint density at radius 1 is 0.900 bits per heavy atom. The molecule has 1 atom stereocenters. The minimum absolute atomic E-state index is 0.0614. The fraction of sp³-hybridized carbons (Fsp3) is 0.125. The summed E-state index contributed by atoms with van der Waals surface area (Å²) in [6, 6.07) is 23.6. The summed E-state index contributed by atoms with van der Waals surface area (Å²) >= 11 is 1.46. The van der Waals surface area contributed by atoms with Crippen molar-refractivity contribution >= 4 is 34.4 Å². The smallest absolute Gasteiger partial charge is 0.259 e. The number of rotatable bonds is 4. The van der Waals surface area contributed by atoms with Crippen molar-refractivity contribution in [3.63, 3.8) is 0 Å². The summed E-state index contributed by atoms with van der Waals surface area (Å²) < 4.78 is 13.2. The normalized spacial score (nSPS) is 17.3. The van der Waals surface area contributed by atoms with E-state index in [1.54, 1.807) is 17.0 Å². The molecule has 148 valence electrons. The molecule has 0 N–H and O–H groups in total. The number of hydrogen-bond donors (Lipinski definition) is 0. The van der Waals surface area contributed by atoms with Crippen LogP contribution in [0.3, 0.4) is 0 Å². The van der Waals surface area contributed by atoms with E-state index in [1.165, 1.54) is 23.9 Å². The lowest BCUT2D eigenvalue weighted by Crippen LogP contribution is -2.41. The van der Waals surface area contributed by atoms with Gasteiger partial charge in [0.25, 0.3) is 5.91 Å². The molecule has 6 heteroatoms. The van der Waals surface area contributed by atoms with E-state index in [4.69, 9.17) is 9.98 Å². The highest BCUT2D eigenvalue weighted by molar-refractivity contribution is 8.13. The third-order valence-electron chi connectivity index (χ3n) is 5.10. The number of nitrogens with zero attached hydrogens (tertiary/aromatic N) is 3. The van der Waals surface area contributed by atoms with E-state index in [1.807, 2.05) is 54.6 Å². The second-order valence-electron chi connectivity index (χ2n) is 7.16. The Morgan fingerprint density at radius 3 is 2.43 bits per heavy atom. The zero-order valence-electron chi connectivity index (χ0n) is 16.0. The van der Waals surface area contributed by atoms with Crippen LogP contribution in [0.5, 0.6) is 0 Å². The maximum absolute atomic E-state index is 13.3. The van der Waals surface area contributed by atoms with Crippen molar-refractivity contribution in [2.45, 2.75) is 18.2 Å². The van der Waals surface area contributed by atoms with Gasteiger partial charge in [0.1, 0.15) is 17.7 Å². The van der Waals surface area contributed by atoms with E-state index < -0.39 is 6.04 Å². The van der Waals surface area contributed by atoms with Crippen LogP contribution in [0.1, 0.15) is 16.7 Å². The predicted octanol–water partition coefficient (Wildman–Crippen LogP) is 4.96. The minimum atomic E-state index is -0.467. The molecule has 0 aromatic heterocycles. The number of fused-ring (bicyclic) bond motifs is 3. The topological polar surface area (TPSA) is 45.0 Å². The van der Waals surface area contributed by atoms with Crippen molar-refractivity contribution in [1.82, 2.24) is 4.90 Å². The van der Waals surface area contributed by atoms with Gasteiger partial charge < -0.3 is 0 Å². The van der Waals surface area contributed by atoms with Crippen molar-refractivity contribution in [2.75, 3.05) is 0 Å². The summed E-state index contributed by atoms with van der Waals surface area (Å²) in [6.45, 7) is 0. The highest BCUT2D eigenvalue weighted by atomic mass is 32.2. The SMILES string of the molecule is O=C1[C@H](Cc2ccccc2)N=C2c3ccccc3N=C(SCc3ccc(F)cc3)N12. The molecule has 30 heavy (non-hydrogen) atoms.